The van der Waals surface area contributed by atoms with Crippen LogP contribution in [-0.4, -0.2) is 38.3 Å². The Morgan fingerprint density at radius 1 is 0.906 bits per heavy atom. The van der Waals surface area contributed by atoms with Crippen LogP contribution in [0.25, 0.3) is 0 Å². The molecule has 172 valence electrons. The van der Waals surface area contributed by atoms with E-state index in [2.05, 4.69) is 0 Å². The van der Waals surface area contributed by atoms with Gasteiger partial charge in [-0.2, -0.15) is 17.5 Å². The number of hydrogen-bond donors (Lipinski definition) is 0. The first-order chi connectivity index (χ1) is 15.0. The van der Waals surface area contributed by atoms with E-state index in [9.17, 15) is 26.4 Å². The van der Waals surface area contributed by atoms with Crippen LogP contribution in [0.2, 0.25) is 10.0 Å². The monoisotopic (exact) mass is 506 g/mol. The Morgan fingerprint density at radius 2 is 1.53 bits per heavy atom. The molecule has 2 aliphatic heterocycles. The van der Waals surface area contributed by atoms with E-state index in [0.717, 1.165) is 18.2 Å². The van der Waals surface area contributed by atoms with Crippen molar-refractivity contribution in [2.24, 2.45) is 5.41 Å². The van der Waals surface area contributed by atoms with Gasteiger partial charge in [0.05, 0.1) is 26.7 Å². The van der Waals surface area contributed by atoms with Crippen molar-refractivity contribution in [2.75, 3.05) is 24.5 Å². The molecule has 5 nitrogen and oxygen atoms in total. The van der Waals surface area contributed by atoms with Crippen molar-refractivity contribution in [3.05, 3.63) is 58.1 Å². The second-order valence-corrected chi connectivity index (χ2v) is 10.7. The van der Waals surface area contributed by atoms with Gasteiger partial charge in [0.15, 0.2) is 0 Å². The third-order valence-electron chi connectivity index (χ3n) is 6.21. The summed E-state index contributed by atoms with van der Waals surface area (Å²) in [5.41, 5.74) is -1.69. The van der Waals surface area contributed by atoms with Crippen molar-refractivity contribution in [2.45, 2.75) is 30.3 Å². The first-order valence-corrected chi connectivity index (χ1v) is 12.1. The highest BCUT2D eigenvalue weighted by atomic mass is 35.5. The molecule has 11 heteroatoms. The third-order valence-corrected chi connectivity index (χ3v) is 8.93. The molecule has 0 N–H and O–H groups in total. The molecule has 32 heavy (non-hydrogen) atoms. The molecule has 2 aromatic carbocycles. The van der Waals surface area contributed by atoms with E-state index >= 15 is 0 Å². The number of carbonyl (C=O) groups excluding carboxylic acids is 1. The normalized spacial score (nSPS) is 19.7. The van der Waals surface area contributed by atoms with Gasteiger partial charge in [-0.1, -0.05) is 35.3 Å². The predicted octanol–water partition coefficient (Wildman–Crippen LogP) is 5.22. The highest BCUT2D eigenvalue weighted by Crippen LogP contribution is 2.46. The molecule has 2 heterocycles. The molecule has 2 aromatic rings. The quantitative estimate of drug-likeness (QED) is 0.573. The van der Waals surface area contributed by atoms with Gasteiger partial charge in [0.25, 0.3) is 0 Å². The van der Waals surface area contributed by atoms with Gasteiger partial charge in [-0.15, -0.1) is 0 Å². The number of sulfonamides is 1. The zero-order valence-electron chi connectivity index (χ0n) is 16.7. The van der Waals surface area contributed by atoms with Crippen LogP contribution in [0, 0.1) is 5.41 Å². The lowest BCUT2D eigenvalue weighted by atomic mass is 9.77. The molecule has 2 fully saturated rings. The van der Waals surface area contributed by atoms with Gasteiger partial charge in [-0.25, -0.2) is 8.42 Å². The number of benzene rings is 2. The number of piperidine rings is 1. The Morgan fingerprint density at radius 3 is 2.16 bits per heavy atom. The fourth-order valence-electron chi connectivity index (χ4n) is 4.36. The van der Waals surface area contributed by atoms with Crippen molar-refractivity contribution >= 4 is 44.8 Å². The van der Waals surface area contributed by atoms with Crippen LogP contribution in [0.1, 0.15) is 24.8 Å². The number of hydrogen-bond acceptors (Lipinski definition) is 3. The highest BCUT2D eigenvalue weighted by Gasteiger charge is 2.50. The van der Waals surface area contributed by atoms with E-state index in [4.69, 9.17) is 23.2 Å². The van der Waals surface area contributed by atoms with Crippen LogP contribution in [0.4, 0.5) is 18.9 Å². The summed E-state index contributed by atoms with van der Waals surface area (Å²) in [7, 11) is -3.82. The average molecular weight is 507 g/mol. The molecule has 0 bridgehead atoms. The van der Waals surface area contributed by atoms with Gasteiger partial charge in [-0.05, 0) is 49.6 Å². The van der Waals surface area contributed by atoms with E-state index in [1.165, 1.54) is 21.3 Å². The predicted molar refractivity (Wildman–Crippen MR) is 115 cm³/mol. The first-order valence-electron chi connectivity index (χ1n) is 9.89. The molecule has 2 saturated heterocycles. The molecule has 0 atom stereocenters. The highest BCUT2D eigenvalue weighted by molar-refractivity contribution is 7.89. The lowest BCUT2D eigenvalue weighted by molar-refractivity contribution is -0.137. The average Bonchev–Trinajstić information content (AvgIpc) is 3.04. The molecule has 0 radical (unpaired) electrons. The summed E-state index contributed by atoms with van der Waals surface area (Å²) in [6, 6.07) is 9.04. The minimum Gasteiger partial charge on any atom is -0.310 e. The lowest BCUT2D eigenvalue weighted by Crippen LogP contribution is -2.46. The number of nitrogens with zero attached hydrogens (tertiary/aromatic N) is 2. The van der Waals surface area contributed by atoms with Gasteiger partial charge in [0.1, 0.15) is 4.90 Å². The zero-order valence-corrected chi connectivity index (χ0v) is 19.0. The minimum atomic E-state index is -4.56. The summed E-state index contributed by atoms with van der Waals surface area (Å²) >= 11 is 12.2. The number of alkyl halides is 3. The van der Waals surface area contributed by atoms with Crippen molar-refractivity contribution in [3.63, 3.8) is 0 Å². The van der Waals surface area contributed by atoms with Crippen LogP contribution >= 0.6 is 23.2 Å². The molecule has 0 unspecified atom stereocenters. The maximum Gasteiger partial charge on any atom is 0.416 e. The summed E-state index contributed by atoms with van der Waals surface area (Å²) in [6.07, 6.45) is -3.61. The van der Waals surface area contributed by atoms with Gasteiger partial charge in [0.2, 0.25) is 15.9 Å². The van der Waals surface area contributed by atoms with Crippen molar-refractivity contribution in [3.8, 4) is 0 Å². The standard InChI is InChI=1S/C21H19Cl2F3N2O3S/c22-15-6-5-14(21(24,25)26)13-17(15)28-12-9-20(19(28)29)7-10-27(11-8-20)32(30,31)18-4-2-1-3-16(18)23/h1-6,13H,7-12H2. The van der Waals surface area contributed by atoms with Crippen LogP contribution < -0.4 is 4.90 Å². The molecule has 0 saturated carbocycles. The topological polar surface area (TPSA) is 57.7 Å². The number of carbonyl (C=O) groups is 1. The van der Waals surface area contributed by atoms with E-state index < -0.39 is 27.2 Å². The number of halogens is 5. The zero-order chi connectivity index (χ0) is 23.3. The fraction of sp³-hybridized carbons (Fsp3) is 0.381. The summed E-state index contributed by atoms with van der Waals surface area (Å²) < 4.78 is 66.7. The third kappa shape index (κ3) is 4.00. The largest absolute Gasteiger partial charge is 0.416 e. The fourth-order valence-corrected chi connectivity index (χ4v) is 6.51. The van der Waals surface area contributed by atoms with Gasteiger partial charge < -0.3 is 4.90 Å². The Labute approximate surface area is 193 Å². The van der Waals surface area contributed by atoms with Gasteiger partial charge in [0, 0.05) is 19.6 Å². The SMILES string of the molecule is O=C1N(c2cc(C(F)(F)F)ccc2Cl)CCC12CCN(S(=O)(=O)c1ccccc1Cl)CC2. The molecule has 1 spiro atoms. The Kier molecular flexibility index (Phi) is 5.98. The maximum absolute atomic E-state index is 13.3. The summed E-state index contributed by atoms with van der Waals surface area (Å²) in [6.45, 7) is 0.448. The molecular formula is C21H19Cl2F3N2O3S. The Balaban J connectivity index is 1.54. The van der Waals surface area contributed by atoms with Crippen molar-refractivity contribution < 1.29 is 26.4 Å². The smallest absolute Gasteiger partial charge is 0.310 e. The van der Waals surface area contributed by atoms with Gasteiger partial charge >= 0.3 is 6.18 Å². The maximum atomic E-state index is 13.3. The molecule has 4 rings (SSSR count). The first kappa shape index (κ1) is 23.4. The molecular weight excluding hydrogens is 488 g/mol. The van der Waals surface area contributed by atoms with E-state index in [-0.39, 0.29) is 59.0 Å². The Bertz CT molecular complexity index is 1160. The minimum absolute atomic E-state index is 0.00717. The Hall–Kier alpha value is -1.81. The van der Waals surface area contributed by atoms with E-state index in [1.807, 2.05) is 0 Å². The molecule has 0 aliphatic carbocycles. The summed E-state index contributed by atoms with van der Waals surface area (Å²) in [4.78, 5) is 14.6. The van der Waals surface area contributed by atoms with Crippen molar-refractivity contribution in [1.82, 2.24) is 4.31 Å². The second kappa shape index (κ2) is 8.20. The number of rotatable bonds is 3. The van der Waals surface area contributed by atoms with Crippen LogP contribution in [-0.2, 0) is 21.0 Å². The number of amides is 1. The van der Waals surface area contributed by atoms with E-state index in [0.29, 0.717) is 6.42 Å². The molecule has 2 aliphatic rings. The van der Waals surface area contributed by atoms with Crippen LogP contribution in [0.3, 0.4) is 0 Å². The van der Waals surface area contributed by atoms with Crippen LogP contribution in [0.5, 0.6) is 0 Å². The summed E-state index contributed by atoms with van der Waals surface area (Å²) in [5.74, 6) is -0.325. The molecule has 0 aromatic heterocycles. The van der Waals surface area contributed by atoms with Crippen molar-refractivity contribution in [1.29, 1.82) is 0 Å². The van der Waals surface area contributed by atoms with Gasteiger partial charge in [-0.3, -0.25) is 4.79 Å². The molecule has 1 amide bonds. The lowest BCUT2D eigenvalue weighted by Gasteiger charge is -2.37. The van der Waals surface area contributed by atoms with Crippen LogP contribution in [0.15, 0.2) is 47.4 Å². The van der Waals surface area contributed by atoms with E-state index in [1.54, 1.807) is 12.1 Å². The number of anilines is 1. The summed E-state index contributed by atoms with van der Waals surface area (Å²) in [5, 5.41) is 0.178. The second-order valence-electron chi connectivity index (χ2n) is 7.99.